The second-order valence-electron chi connectivity index (χ2n) is 0.0833. The lowest BCUT2D eigenvalue weighted by molar-refractivity contribution is -0.191. The summed E-state index contributed by atoms with van der Waals surface area (Å²) in [6, 6.07) is 0. The molecule has 0 aromatic heterocycles. The fraction of sp³-hybridized carbons (Fsp3) is 0.500. The minimum Gasteiger partial charge on any atom is -0.307 e. The van der Waals surface area contributed by atoms with Crippen molar-refractivity contribution in [2.45, 2.75) is 13.8 Å². The van der Waals surface area contributed by atoms with Crippen molar-refractivity contribution in [1.29, 1.82) is 0 Å². The molecule has 42 valence electrons. The van der Waals surface area contributed by atoms with Gasteiger partial charge in [0.15, 0.2) is 0 Å². The van der Waals surface area contributed by atoms with Crippen molar-refractivity contribution in [2.75, 3.05) is 0 Å². The molecule has 0 rings (SSSR count). The zero-order chi connectivity index (χ0) is 6.71. The van der Waals surface area contributed by atoms with Crippen LogP contribution in [-0.4, -0.2) is 12.9 Å². The van der Waals surface area contributed by atoms with Gasteiger partial charge in [0.2, 0.25) is 0 Å². The zero-order valence-electron chi connectivity index (χ0n) is 4.43. The Bertz CT molecular complexity index is 36.2. The highest BCUT2D eigenvalue weighted by Crippen LogP contribution is 1.14. The van der Waals surface area contributed by atoms with Crippen molar-refractivity contribution in [3.63, 3.8) is 0 Å². The molecule has 0 heterocycles. The Kier molecular flexibility index (Phi) is 78500. The summed E-state index contributed by atoms with van der Waals surface area (Å²) >= 11 is 0. The van der Waals surface area contributed by atoms with E-state index in [2.05, 4.69) is 0 Å². The lowest BCUT2D eigenvalue weighted by Gasteiger charge is -1.07. The number of hydrogen-bond donors (Lipinski definition) is 0. The Labute approximate surface area is 42.3 Å². The average Bonchev–Trinajstić information content (AvgIpc) is 1.78. The molecule has 3 nitrogen and oxygen atoms in total. The van der Waals surface area contributed by atoms with Crippen LogP contribution >= 0.6 is 0 Å². The van der Waals surface area contributed by atoms with Crippen LogP contribution in [0.1, 0.15) is 13.8 Å². The number of carbonyl (C=O) groups is 1. The van der Waals surface area contributed by atoms with Crippen molar-refractivity contribution >= 4 is 12.9 Å². The molecule has 3 heteroatoms. The molecule has 7 heavy (non-hydrogen) atoms. The predicted molar refractivity (Wildman–Crippen MR) is 23.5 cm³/mol. The summed E-state index contributed by atoms with van der Waals surface area (Å²) in [5.41, 5.74) is 0. The second-order valence-corrected chi connectivity index (χ2v) is 0.0833. The predicted octanol–water partition coefficient (Wildman–Crippen LogP) is 0.258. The van der Waals surface area contributed by atoms with Crippen LogP contribution in [0.3, 0.4) is 0 Å². The van der Waals surface area contributed by atoms with Gasteiger partial charge in [-0.05, 0) is 0 Å². The van der Waals surface area contributed by atoms with E-state index in [4.69, 9.17) is 14.4 Å². The van der Waals surface area contributed by atoms with Crippen LogP contribution in [0, 0.1) is 0 Å². The van der Waals surface area contributed by atoms with Gasteiger partial charge in [0.1, 0.15) is 6.79 Å². The molecular formula is C4H8O3. The fourth-order valence-electron chi connectivity index (χ4n) is 0. The van der Waals surface area contributed by atoms with Crippen LogP contribution in [-0.2, 0) is 14.4 Å². The van der Waals surface area contributed by atoms with Crippen LogP contribution in [0.25, 0.3) is 0 Å². The topological polar surface area (TPSA) is 51.2 Å². The Balaban J connectivity index is -0.0000000360. The normalized spacial score (nSPS) is 2.57. The molecule has 0 fully saturated rings. The maximum atomic E-state index is 8.12. The Morgan fingerprint density at radius 3 is 1.14 bits per heavy atom. The summed E-state index contributed by atoms with van der Waals surface area (Å²) in [4.78, 5) is 24.2. The molecule has 0 aliphatic rings. The van der Waals surface area contributed by atoms with Crippen molar-refractivity contribution in [2.24, 2.45) is 0 Å². The second kappa shape index (κ2) is 33100. The van der Waals surface area contributed by atoms with Crippen LogP contribution < -0.4 is 0 Å². The highest BCUT2D eigenvalue weighted by atomic mass is 16.2. The smallest absolute Gasteiger partial charge is 0.307 e. The Hall–Kier alpha value is -0.950. The van der Waals surface area contributed by atoms with E-state index in [1.807, 2.05) is 20.6 Å². The standard InChI is InChI=1S/C2H6.CO2.CH2O/c1-2;2-1-3;1-2/h1-2H3;;1H2. The van der Waals surface area contributed by atoms with Crippen LogP contribution in [0.4, 0.5) is 0 Å². The van der Waals surface area contributed by atoms with E-state index >= 15 is 0 Å². The molecule has 0 aromatic carbocycles. The maximum absolute atomic E-state index is 8.12. The van der Waals surface area contributed by atoms with E-state index in [-0.39, 0.29) is 6.15 Å². The molecular weight excluding hydrogens is 96.0 g/mol. The zero-order valence-corrected chi connectivity index (χ0v) is 4.43. The molecule has 0 bridgehead atoms. The van der Waals surface area contributed by atoms with Gasteiger partial charge in [-0.1, -0.05) is 13.8 Å². The van der Waals surface area contributed by atoms with Gasteiger partial charge in [0, 0.05) is 0 Å². The molecule has 0 spiro atoms. The molecule has 0 aliphatic heterocycles. The van der Waals surface area contributed by atoms with Crippen LogP contribution in [0.2, 0.25) is 0 Å². The highest BCUT2D eigenvalue weighted by molar-refractivity contribution is 5.20. The maximum Gasteiger partial charge on any atom is 0.373 e. The first-order valence-electron chi connectivity index (χ1n) is 1.70. The first kappa shape index (κ1) is 16.6. The number of rotatable bonds is 0. The van der Waals surface area contributed by atoms with E-state index in [0.29, 0.717) is 0 Å². The van der Waals surface area contributed by atoms with E-state index in [1.165, 1.54) is 0 Å². The summed E-state index contributed by atoms with van der Waals surface area (Å²) in [7, 11) is 0. The molecule has 0 atom stereocenters. The quantitative estimate of drug-likeness (QED) is 0.443. The van der Waals surface area contributed by atoms with Gasteiger partial charge in [-0.15, -0.1) is 0 Å². The highest BCUT2D eigenvalue weighted by Gasteiger charge is 1.13. The summed E-state index contributed by atoms with van der Waals surface area (Å²) in [5, 5.41) is 0. The lowest BCUT2D eigenvalue weighted by atomic mass is 11.0. The summed E-state index contributed by atoms with van der Waals surface area (Å²) in [6.45, 7) is 6.00. The molecule has 0 N–H and O–H groups in total. The van der Waals surface area contributed by atoms with Crippen molar-refractivity contribution in [1.82, 2.24) is 0 Å². The molecule has 0 saturated heterocycles. The summed E-state index contributed by atoms with van der Waals surface area (Å²) < 4.78 is 0. The van der Waals surface area contributed by atoms with Gasteiger partial charge in [-0.3, -0.25) is 0 Å². The fourth-order valence-corrected chi connectivity index (χ4v) is 0. The van der Waals surface area contributed by atoms with Crippen molar-refractivity contribution < 1.29 is 14.4 Å². The first-order valence-corrected chi connectivity index (χ1v) is 1.70. The third-order valence-corrected chi connectivity index (χ3v) is 0. The van der Waals surface area contributed by atoms with Gasteiger partial charge in [-0.2, -0.15) is 9.59 Å². The van der Waals surface area contributed by atoms with Gasteiger partial charge in [-0.25, -0.2) is 0 Å². The van der Waals surface area contributed by atoms with Gasteiger partial charge in [0.05, 0.1) is 0 Å². The summed E-state index contributed by atoms with van der Waals surface area (Å²) in [6.07, 6.45) is 0.250. The van der Waals surface area contributed by atoms with Crippen molar-refractivity contribution in [3.8, 4) is 0 Å². The lowest BCUT2D eigenvalue weighted by Crippen LogP contribution is -1.22. The third kappa shape index (κ3) is 52.1. The van der Waals surface area contributed by atoms with Gasteiger partial charge in [0.25, 0.3) is 0 Å². The average molecular weight is 104 g/mol. The third-order valence-electron chi connectivity index (χ3n) is 0. The number of carbonyl (C=O) groups excluding carboxylic acids is 3. The summed E-state index contributed by atoms with van der Waals surface area (Å²) in [5.74, 6) is 0. The van der Waals surface area contributed by atoms with E-state index < -0.39 is 0 Å². The molecule has 0 aromatic rings. The van der Waals surface area contributed by atoms with Crippen LogP contribution in [0.5, 0.6) is 0 Å². The minimum atomic E-state index is 0.250. The molecule has 0 radical (unpaired) electrons. The Morgan fingerprint density at radius 1 is 1.14 bits per heavy atom. The number of hydrogen-bond acceptors (Lipinski definition) is 3. The monoisotopic (exact) mass is 104 g/mol. The largest absolute Gasteiger partial charge is 0.373 e. The van der Waals surface area contributed by atoms with Crippen LogP contribution in [0.15, 0.2) is 0 Å². The molecule has 0 saturated carbocycles. The van der Waals surface area contributed by atoms with Gasteiger partial charge < -0.3 is 4.79 Å². The molecule has 0 unspecified atom stereocenters. The van der Waals surface area contributed by atoms with E-state index in [0.717, 1.165) is 0 Å². The SMILES string of the molecule is C=O.CC.O=C=O. The molecule has 0 amide bonds. The first-order chi connectivity index (χ1) is 3.41. The van der Waals surface area contributed by atoms with E-state index in [9.17, 15) is 0 Å². The van der Waals surface area contributed by atoms with Crippen molar-refractivity contribution in [3.05, 3.63) is 0 Å². The molecule has 0 aliphatic carbocycles. The van der Waals surface area contributed by atoms with Gasteiger partial charge >= 0.3 is 6.15 Å². The Morgan fingerprint density at radius 2 is 1.14 bits per heavy atom. The minimum absolute atomic E-state index is 0.250. The van der Waals surface area contributed by atoms with E-state index in [1.54, 1.807) is 0 Å².